The number of hydrogen-bond acceptors (Lipinski definition) is 5. The van der Waals surface area contributed by atoms with Gasteiger partial charge in [-0.1, -0.05) is 108 Å². The standard InChI is InChI=1S/C30H55NO6S/c1-3-5-7-9-11-12-13-14-15-16-17-19-21-23-25-29(33)30(34)31-27(26-38(35,36)37)28(32)24-22-20-18-10-8-6-4-2/h8,10,12-13,22,24,27-29,32-33H,3-7,9,11,14-21,23,25-26H2,1-2H3,(H,31,34)(H,35,36,37)/b10-8+,13-12-,24-22+. The summed E-state index contributed by atoms with van der Waals surface area (Å²) in [5.74, 6) is -1.57. The fourth-order valence-electron chi connectivity index (χ4n) is 4.06. The van der Waals surface area contributed by atoms with Gasteiger partial charge in [0.1, 0.15) is 6.10 Å². The number of aliphatic hydroxyl groups excluding tert-OH is 2. The second-order valence-corrected chi connectivity index (χ2v) is 11.7. The fourth-order valence-corrected chi connectivity index (χ4v) is 4.79. The van der Waals surface area contributed by atoms with Gasteiger partial charge in [-0.15, -0.1) is 0 Å². The monoisotopic (exact) mass is 557 g/mol. The van der Waals surface area contributed by atoms with Gasteiger partial charge in [-0.2, -0.15) is 8.42 Å². The maximum absolute atomic E-state index is 12.4. The van der Waals surface area contributed by atoms with Crippen LogP contribution >= 0.6 is 0 Å². The Morgan fingerprint density at radius 2 is 1.24 bits per heavy atom. The van der Waals surface area contributed by atoms with Gasteiger partial charge in [0.15, 0.2) is 0 Å². The quantitative estimate of drug-likeness (QED) is 0.0583. The SMILES string of the molecule is CCC/C=C/CC/C=C/C(O)C(CS(=O)(=O)O)NC(=O)C(O)CCCCCCCC/C=C\CCCCCC. The summed E-state index contributed by atoms with van der Waals surface area (Å²) in [5, 5.41) is 23.0. The Kier molecular flexibility index (Phi) is 23.6. The zero-order chi connectivity index (χ0) is 28.5. The van der Waals surface area contributed by atoms with Gasteiger partial charge >= 0.3 is 0 Å². The highest BCUT2D eigenvalue weighted by molar-refractivity contribution is 7.85. The average Bonchev–Trinajstić information content (AvgIpc) is 2.86. The molecule has 0 aliphatic rings. The lowest BCUT2D eigenvalue weighted by molar-refractivity contribution is -0.130. The molecule has 1 amide bonds. The van der Waals surface area contributed by atoms with E-state index in [0.717, 1.165) is 44.9 Å². The number of carbonyl (C=O) groups is 1. The van der Waals surface area contributed by atoms with E-state index in [9.17, 15) is 28.0 Å². The highest BCUT2D eigenvalue weighted by Gasteiger charge is 2.27. The van der Waals surface area contributed by atoms with Crippen LogP contribution in [0.25, 0.3) is 0 Å². The molecule has 0 aromatic rings. The summed E-state index contributed by atoms with van der Waals surface area (Å²) >= 11 is 0. The van der Waals surface area contributed by atoms with Crippen LogP contribution in [0.4, 0.5) is 0 Å². The first kappa shape index (κ1) is 36.5. The van der Waals surface area contributed by atoms with Crippen molar-refractivity contribution in [3.8, 4) is 0 Å². The number of rotatable bonds is 25. The van der Waals surface area contributed by atoms with E-state index in [1.165, 1.54) is 51.0 Å². The van der Waals surface area contributed by atoms with E-state index in [0.29, 0.717) is 12.8 Å². The van der Waals surface area contributed by atoms with Crippen LogP contribution in [0.15, 0.2) is 36.5 Å². The van der Waals surface area contributed by atoms with Gasteiger partial charge in [-0.3, -0.25) is 9.35 Å². The second kappa shape index (κ2) is 24.6. The molecular formula is C30H55NO6S. The fraction of sp³-hybridized carbons (Fsp3) is 0.767. The molecule has 7 nitrogen and oxygen atoms in total. The van der Waals surface area contributed by atoms with Crippen molar-refractivity contribution in [3.63, 3.8) is 0 Å². The summed E-state index contributed by atoms with van der Waals surface area (Å²) in [5.41, 5.74) is 0. The van der Waals surface area contributed by atoms with Crippen LogP contribution in [0.2, 0.25) is 0 Å². The minimum absolute atomic E-state index is 0.265. The van der Waals surface area contributed by atoms with Gasteiger partial charge in [0, 0.05) is 0 Å². The van der Waals surface area contributed by atoms with Crippen LogP contribution in [-0.2, 0) is 14.9 Å². The van der Waals surface area contributed by atoms with E-state index in [4.69, 9.17) is 0 Å². The van der Waals surface area contributed by atoms with Crippen molar-refractivity contribution in [3.05, 3.63) is 36.5 Å². The minimum atomic E-state index is -4.43. The molecule has 0 aromatic heterocycles. The van der Waals surface area contributed by atoms with Gasteiger partial charge in [0.05, 0.1) is 17.9 Å². The van der Waals surface area contributed by atoms with E-state index in [1.807, 2.05) is 6.08 Å². The van der Waals surface area contributed by atoms with E-state index in [2.05, 4.69) is 37.4 Å². The van der Waals surface area contributed by atoms with Gasteiger partial charge in [-0.05, 0) is 51.4 Å². The number of aliphatic hydroxyl groups is 2. The Labute approximate surface area is 232 Å². The first-order valence-corrected chi connectivity index (χ1v) is 16.4. The molecule has 4 N–H and O–H groups in total. The van der Waals surface area contributed by atoms with Crippen molar-refractivity contribution in [1.82, 2.24) is 5.32 Å². The largest absolute Gasteiger partial charge is 0.387 e. The maximum atomic E-state index is 12.4. The summed E-state index contributed by atoms with van der Waals surface area (Å²) in [6.07, 6.45) is 26.6. The number of allylic oxidation sites excluding steroid dienone is 5. The van der Waals surface area contributed by atoms with Crippen molar-refractivity contribution in [2.45, 2.75) is 141 Å². The Morgan fingerprint density at radius 3 is 1.84 bits per heavy atom. The van der Waals surface area contributed by atoms with Gasteiger partial charge in [-0.25, -0.2) is 0 Å². The maximum Gasteiger partial charge on any atom is 0.267 e. The molecule has 0 saturated heterocycles. The number of amides is 1. The van der Waals surface area contributed by atoms with Gasteiger partial charge in [0.25, 0.3) is 10.1 Å². The normalized spacial score (nSPS) is 15.0. The third kappa shape index (κ3) is 23.6. The molecule has 222 valence electrons. The zero-order valence-corrected chi connectivity index (χ0v) is 24.7. The van der Waals surface area contributed by atoms with Crippen molar-refractivity contribution in [2.24, 2.45) is 0 Å². The van der Waals surface area contributed by atoms with E-state index >= 15 is 0 Å². The Morgan fingerprint density at radius 1 is 0.711 bits per heavy atom. The van der Waals surface area contributed by atoms with Crippen LogP contribution < -0.4 is 5.32 Å². The second-order valence-electron chi connectivity index (χ2n) is 10.2. The summed E-state index contributed by atoms with van der Waals surface area (Å²) in [6, 6.07) is -1.25. The lowest BCUT2D eigenvalue weighted by Gasteiger charge is -2.22. The van der Waals surface area contributed by atoms with Crippen LogP contribution in [0, 0.1) is 0 Å². The molecule has 0 heterocycles. The summed E-state index contributed by atoms with van der Waals surface area (Å²) in [6.45, 7) is 4.32. The van der Waals surface area contributed by atoms with E-state index < -0.39 is 40.0 Å². The summed E-state index contributed by atoms with van der Waals surface area (Å²) in [7, 11) is -4.43. The van der Waals surface area contributed by atoms with Crippen molar-refractivity contribution in [1.29, 1.82) is 0 Å². The average molecular weight is 558 g/mol. The van der Waals surface area contributed by atoms with Crippen LogP contribution in [0.1, 0.15) is 123 Å². The van der Waals surface area contributed by atoms with E-state index in [-0.39, 0.29) is 6.42 Å². The molecule has 0 spiro atoms. The number of hydrogen-bond donors (Lipinski definition) is 4. The molecule has 0 aliphatic carbocycles. The topological polar surface area (TPSA) is 124 Å². The van der Waals surface area contributed by atoms with Crippen LogP contribution in [-0.4, -0.2) is 53.1 Å². The molecule has 3 unspecified atom stereocenters. The highest BCUT2D eigenvalue weighted by Crippen LogP contribution is 2.12. The third-order valence-electron chi connectivity index (χ3n) is 6.38. The predicted octanol–water partition coefficient (Wildman–Crippen LogP) is 6.42. The predicted molar refractivity (Wildman–Crippen MR) is 158 cm³/mol. The molecular weight excluding hydrogens is 502 g/mol. The lowest BCUT2D eigenvalue weighted by Crippen LogP contribution is -2.50. The molecule has 0 aromatic carbocycles. The Hall–Kier alpha value is -1.48. The molecule has 0 rings (SSSR count). The third-order valence-corrected chi connectivity index (χ3v) is 7.16. The van der Waals surface area contributed by atoms with E-state index in [1.54, 1.807) is 6.08 Å². The first-order chi connectivity index (χ1) is 18.2. The molecule has 0 fully saturated rings. The molecule has 3 atom stereocenters. The molecule has 0 radical (unpaired) electrons. The minimum Gasteiger partial charge on any atom is -0.387 e. The highest BCUT2D eigenvalue weighted by atomic mass is 32.2. The van der Waals surface area contributed by atoms with Gasteiger partial charge in [0.2, 0.25) is 5.91 Å². The number of carbonyl (C=O) groups excluding carboxylic acids is 1. The molecule has 8 heteroatoms. The number of unbranched alkanes of at least 4 members (excludes halogenated alkanes) is 12. The van der Waals surface area contributed by atoms with Crippen molar-refractivity contribution in [2.75, 3.05) is 5.75 Å². The lowest BCUT2D eigenvalue weighted by atomic mass is 10.0. The van der Waals surface area contributed by atoms with Crippen molar-refractivity contribution >= 4 is 16.0 Å². The molecule has 0 saturated carbocycles. The molecule has 0 bridgehead atoms. The Bertz CT molecular complexity index is 763. The number of nitrogens with one attached hydrogen (secondary N) is 1. The summed E-state index contributed by atoms with van der Waals surface area (Å²) < 4.78 is 32.0. The van der Waals surface area contributed by atoms with Crippen LogP contribution in [0.3, 0.4) is 0 Å². The molecule has 0 aliphatic heterocycles. The smallest absolute Gasteiger partial charge is 0.267 e. The molecule has 38 heavy (non-hydrogen) atoms. The zero-order valence-electron chi connectivity index (χ0n) is 23.9. The summed E-state index contributed by atoms with van der Waals surface area (Å²) in [4.78, 5) is 12.4. The van der Waals surface area contributed by atoms with Crippen LogP contribution in [0.5, 0.6) is 0 Å². The van der Waals surface area contributed by atoms with Crippen molar-refractivity contribution < 1.29 is 28.0 Å². The van der Waals surface area contributed by atoms with Gasteiger partial charge < -0.3 is 15.5 Å². The first-order valence-electron chi connectivity index (χ1n) is 14.8. The Balaban J connectivity index is 4.22.